The van der Waals surface area contributed by atoms with Crippen LogP contribution in [0.25, 0.3) is 11.5 Å². The van der Waals surface area contributed by atoms with Crippen molar-refractivity contribution in [2.75, 3.05) is 44.7 Å². The second-order valence-electron chi connectivity index (χ2n) is 5.36. The lowest BCUT2D eigenvalue weighted by Gasteiger charge is -2.23. The predicted octanol–water partition coefficient (Wildman–Crippen LogP) is 1.19. The number of ether oxygens (including phenoxy) is 1. The third-order valence-corrected chi connectivity index (χ3v) is 4.00. The largest absolute Gasteiger partial charge is 0.419 e. The van der Waals surface area contributed by atoms with Gasteiger partial charge in [-0.25, -0.2) is 0 Å². The van der Waals surface area contributed by atoms with E-state index in [0.29, 0.717) is 23.3 Å². The molecule has 0 spiro atoms. The van der Waals surface area contributed by atoms with Gasteiger partial charge in [0.1, 0.15) is 19.2 Å². The third-order valence-electron chi connectivity index (χ3n) is 3.77. The molecule has 6 nitrogen and oxygen atoms in total. The van der Waals surface area contributed by atoms with Crippen LogP contribution < -0.4 is 10.2 Å². The van der Waals surface area contributed by atoms with Crippen LogP contribution in [0, 0.1) is 11.3 Å². The molecule has 1 saturated heterocycles. The molecule has 23 heavy (non-hydrogen) atoms. The summed E-state index contributed by atoms with van der Waals surface area (Å²) in [4.78, 5) is 5.71. The Morgan fingerprint density at radius 1 is 1.35 bits per heavy atom. The minimum Gasteiger partial charge on any atom is -0.419 e. The molecule has 1 fully saturated rings. The molecule has 0 amide bonds. The molecule has 2 N–H and O–H groups in total. The van der Waals surface area contributed by atoms with Crippen LogP contribution in [0.1, 0.15) is 5.69 Å². The summed E-state index contributed by atoms with van der Waals surface area (Å²) in [5.41, 5.74) is 1.01. The number of benzene rings is 1. The van der Waals surface area contributed by atoms with Gasteiger partial charge in [0, 0.05) is 10.6 Å². The van der Waals surface area contributed by atoms with Gasteiger partial charge in [-0.05, 0) is 18.2 Å². The van der Waals surface area contributed by atoms with Gasteiger partial charge in [0.25, 0.3) is 0 Å². The molecule has 3 rings (SSSR count). The maximum Gasteiger partial charge on any atom is 0.232 e. The minimum atomic E-state index is 0.261. The number of oxazole rings is 1. The van der Waals surface area contributed by atoms with Crippen molar-refractivity contribution in [2.45, 2.75) is 0 Å². The second kappa shape index (κ2) is 7.47. The van der Waals surface area contributed by atoms with Gasteiger partial charge in [-0.15, -0.1) is 0 Å². The van der Waals surface area contributed by atoms with E-state index in [0.717, 1.165) is 38.4 Å². The van der Waals surface area contributed by atoms with Crippen LogP contribution in [0.2, 0.25) is 5.02 Å². The van der Waals surface area contributed by atoms with E-state index in [9.17, 15) is 5.26 Å². The third kappa shape index (κ3) is 4.02. The molecule has 1 aliphatic rings. The van der Waals surface area contributed by atoms with Crippen molar-refractivity contribution in [3.63, 3.8) is 0 Å². The normalized spacial score (nSPS) is 15.3. The highest BCUT2D eigenvalue weighted by Gasteiger charge is 2.16. The SMILES string of the molecule is N#Cc1nc(-c2cccc(Cl)c2)oc1NCC[NH+]1CCOCC1. The molecular formula is C16H18ClN4O2+. The molecule has 0 atom stereocenters. The molecule has 0 radical (unpaired) electrons. The molecule has 1 aromatic heterocycles. The molecule has 0 bridgehead atoms. The van der Waals surface area contributed by atoms with Crippen LogP contribution in [-0.4, -0.2) is 44.4 Å². The van der Waals surface area contributed by atoms with Gasteiger partial charge in [0.15, 0.2) is 0 Å². The van der Waals surface area contributed by atoms with Crippen molar-refractivity contribution in [3.05, 3.63) is 35.0 Å². The van der Waals surface area contributed by atoms with Crippen LogP contribution >= 0.6 is 11.6 Å². The first kappa shape index (κ1) is 15.8. The highest BCUT2D eigenvalue weighted by molar-refractivity contribution is 6.30. The summed E-state index contributed by atoms with van der Waals surface area (Å²) in [6, 6.07) is 9.27. The fraction of sp³-hybridized carbons (Fsp3) is 0.375. The van der Waals surface area contributed by atoms with Crippen molar-refractivity contribution in [2.24, 2.45) is 0 Å². The summed E-state index contributed by atoms with van der Waals surface area (Å²) in [6.45, 7) is 5.30. The molecule has 2 aromatic rings. The molecule has 2 heterocycles. The molecule has 0 aliphatic carbocycles. The van der Waals surface area contributed by atoms with Gasteiger partial charge >= 0.3 is 0 Å². The van der Waals surface area contributed by atoms with Crippen molar-refractivity contribution in [1.29, 1.82) is 5.26 Å². The first-order chi connectivity index (χ1) is 11.3. The van der Waals surface area contributed by atoms with E-state index in [1.165, 1.54) is 4.90 Å². The molecular weight excluding hydrogens is 316 g/mol. The number of aromatic nitrogens is 1. The minimum absolute atomic E-state index is 0.261. The van der Waals surface area contributed by atoms with Crippen LogP contribution in [-0.2, 0) is 4.74 Å². The van der Waals surface area contributed by atoms with Gasteiger partial charge in [-0.1, -0.05) is 17.7 Å². The van der Waals surface area contributed by atoms with Crippen molar-refractivity contribution >= 4 is 17.5 Å². The Morgan fingerprint density at radius 2 is 2.17 bits per heavy atom. The Balaban J connectivity index is 1.66. The van der Waals surface area contributed by atoms with Gasteiger partial charge in [-0.2, -0.15) is 10.2 Å². The Bertz CT molecular complexity index is 704. The lowest BCUT2D eigenvalue weighted by Crippen LogP contribution is -3.14. The molecule has 1 aromatic carbocycles. The van der Waals surface area contributed by atoms with Gasteiger partial charge < -0.3 is 19.4 Å². The molecule has 7 heteroatoms. The standard InChI is InChI=1S/C16H17ClN4O2/c17-13-3-1-2-12(10-13)15-20-14(11-18)16(23-15)19-4-5-21-6-8-22-9-7-21/h1-3,10,19H,4-9H2/p+1. The molecule has 1 aliphatic heterocycles. The number of hydrogen-bond acceptors (Lipinski definition) is 5. The fourth-order valence-corrected chi connectivity index (χ4v) is 2.71. The van der Waals surface area contributed by atoms with E-state index >= 15 is 0 Å². The Hall–Kier alpha value is -2.07. The van der Waals surface area contributed by atoms with E-state index in [1.807, 2.05) is 12.1 Å². The topological polar surface area (TPSA) is 75.5 Å². The predicted molar refractivity (Wildman–Crippen MR) is 86.5 cm³/mol. The number of nitrogens with zero attached hydrogens (tertiary/aromatic N) is 2. The quantitative estimate of drug-likeness (QED) is 0.859. The van der Waals surface area contributed by atoms with Crippen LogP contribution in [0.5, 0.6) is 0 Å². The maximum absolute atomic E-state index is 9.22. The zero-order valence-corrected chi connectivity index (χ0v) is 13.4. The van der Waals surface area contributed by atoms with E-state index in [2.05, 4.69) is 16.4 Å². The number of hydrogen-bond donors (Lipinski definition) is 2. The summed E-state index contributed by atoms with van der Waals surface area (Å²) >= 11 is 5.98. The average Bonchev–Trinajstić information content (AvgIpc) is 2.99. The second-order valence-corrected chi connectivity index (χ2v) is 5.79. The Morgan fingerprint density at radius 3 is 2.91 bits per heavy atom. The summed E-state index contributed by atoms with van der Waals surface area (Å²) in [7, 11) is 0. The first-order valence-corrected chi connectivity index (χ1v) is 7.96. The van der Waals surface area contributed by atoms with Gasteiger partial charge in [0.05, 0.1) is 26.3 Å². The van der Waals surface area contributed by atoms with Crippen LogP contribution in [0.4, 0.5) is 5.88 Å². The molecule has 0 saturated carbocycles. The number of nitriles is 1. The lowest BCUT2D eigenvalue weighted by atomic mass is 10.2. The van der Waals surface area contributed by atoms with E-state index in [1.54, 1.807) is 12.1 Å². The van der Waals surface area contributed by atoms with Crippen molar-refractivity contribution in [1.82, 2.24) is 4.98 Å². The highest BCUT2D eigenvalue weighted by atomic mass is 35.5. The number of quaternary nitrogens is 1. The van der Waals surface area contributed by atoms with Crippen molar-refractivity contribution in [3.8, 4) is 17.5 Å². The van der Waals surface area contributed by atoms with Crippen molar-refractivity contribution < 1.29 is 14.1 Å². The van der Waals surface area contributed by atoms with Gasteiger partial charge in [0.2, 0.25) is 17.5 Å². The summed E-state index contributed by atoms with van der Waals surface area (Å²) in [5.74, 6) is 0.806. The maximum atomic E-state index is 9.22. The number of nitrogens with one attached hydrogen (secondary N) is 2. The zero-order valence-electron chi connectivity index (χ0n) is 12.6. The van der Waals surface area contributed by atoms with Crippen LogP contribution in [0.3, 0.4) is 0 Å². The number of rotatable bonds is 5. The van der Waals surface area contributed by atoms with E-state index < -0.39 is 0 Å². The van der Waals surface area contributed by atoms with E-state index in [-0.39, 0.29) is 5.69 Å². The highest BCUT2D eigenvalue weighted by Crippen LogP contribution is 2.26. The lowest BCUT2D eigenvalue weighted by molar-refractivity contribution is -0.906. The van der Waals surface area contributed by atoms with E-state index in [4.69, 9.17) is 20.8 Å². The number of halogens is 1. The Kier molecular flexibility index (Phi) is 5.13. The summed E-state index contributed by atoms with van der Waals surface area (Å²) in [6.07, 6.45) is 0. The number of anilines is 1. The molecule has 120 valence electrons. The van der Waals surface area contributed by atoms with Crippen LogP contribution in [0.15, 0.2) is 28.7 Å². The number of morpholine rings is 1. The summed E-state index contributed by atoms with van der Waals surface area (Å²) in [5, 5.41) is 13.0. The fourth-order valence-electron chi connectivity index (χ4n) is 2.52. The summed E-state index contributed by atoms with van der Waals surface area (Å²) < 4.78 is 11.0. The monoisotopic (exact) mass is 333 g/mol. The Labute approximate surface area is 139 Å². The molecule has 0 unspecified atom stereocenters. The zero-order chi connectivity index (χ0) is 16.1. The van der Waals surface area contributed by atoms with Gasteiger partial charge in [-0.3, -0.25) is 0 Å². The smallest absolute Gasteiger partial charge is 0.232 e. The average molecular weight is 334 g/mol. The first-order valence-electron chi connectivity index (χ1n) is 7.58.